The van der Waals surface area contributed by atoms with Crippen LogP contribution in [0.3, 0.4) is 0 Å². The molecule has 0 unspecified atom stereocenters. The van der Waals surface area contributed by atoms with Gasteiger partial charge in [-0.15, -0.1) is 0 Å². The van der Waals surface area contributed by atoms with E-state index in [1.165, 1.54) is 0 Å². The topological polar surface area (TPSA) is 12.9 Å². The molecule has 1 rings (SSSR count). The Morgan fingerprint density at radius 2 is 1.90 bits per heavy atom. The molecule has 2 radical (unpaired) electrons. The monoisotopic (exact) mass is 197 g/mol. The molecule has 1 aromatic rings. The summed E-state index contributed by atoms with van der Waals surface area (Å²) in [6.45, 7) is 5.98. The van der Waals surface area contributed by atoms with Crippen molar-refractivity contribution in [1.82, 2.24) is 4.98 Å². The molecule has 0 N–H and O–H groups in total. The van der Waals surface area contributed by atoms with Crippen molar-refractivity contribution in [3.05, 3.63) is 23.9 Å². The van der Waals surface area contributed by atoms with Crippen molar-refractivity contribution in [2.24, 2.45) is 0 Å². The molecule has 0 saturated heterocycles. The quantitative estimate of drug-likeness (QED) is 0.569. The minimum absolute atomic E-state index is 1.03. The van der Waals surface area contributed by atoms with E-state index in [-0.39, 0.29) is 0 Å². The number of rotatable bonds is 0. The first-order valence-electron chi connectivity index (χ1n) is 3.41. The van der Waals surface area contributed by atoms with Crippen LogP contribution in [0.2, 0.25) is 0 Å². The molecule has 2 heteroatoms. The molecule has 1 heterocycles. The van der Waals surface area contributed by atoms with E-state index in [1.807, 2.05) is 39.0 Å². The molecule has 0 bridgehead atoms. The minimum atomic E-state index is 1.03. The predicted octanol–water partition coefficient (Wildman–Crippen LogP) is 1.21. The molecule has 1 nitrogen and oxygen atoms in total. The molecule has 0 spiro atoms. The molecule has 0 fully saturated rings. The van der Waals surface area contributed by atoms with Gasteiger partial charge in [-0.2, -0.15) is 0 Å². The summed E-state index contributed by atoms with van der Waals surface area (Å²) < 4.78 is 1.03. The van der Waals surface area contributed by atoms with Crippen LogP contribution < -0.4 is 4.48 Å². The zero-order valence-electron chi connectivity index (χ0n) is 6.63. The number of aromatic nitrogens is 1. The predicted molar refractivity (Wildman–Crippen MR) is 45.7 cm³/mol. The van der Waals surface area contributed by atoms with E-state index in [0.29, 0.717) is 0 Å². The maximum atomic E-state index is 4.15. The normalized spacial score (nSPS) is 8.00. The van der Waals surface area contributed by atoms with Crippen LogP contribution in [0, 0.1) is 6.92 Å². The van der Waals surface area contributed by atoms with Crippen molar-refractivity contribution >= 4 is 21.3 Å². The summed E-state index contributed by atoms with van der Waals surface area (Å²) in [6, 6.07) is 5.94. The Morgan fingerprint density at radius 3 is 2.20 bits per heavy atom. The van der Waals surface area contributed by atoms with Crippen LogP contribution >= 0.6 is 0 Å². The summed E-state index contributed by atoms with van der Waals surface area (Å²) in [5.41, 5.74) is 1.07. The standard InChI is InChI=1S/C6H6AsN.C2H6/c1-5-3-2-4-6(7)8-5;1-2/h2-4H,1H3;1-2H3. The first kappa shape index (κ1) is 9.71. The van der Waals surface area contributed by atoms with Crippen LogP contribution in [0.1, 0.15) is 19.5 Å². The fourth-order valence-corrected chi connectivity index (χ4v) is 1.04. The van der Waals surface area contributed by atoms with Gasteiger partial charge in [-0.25, -0.2) is 0 Å². The summed E-state index contributed by atoms with van der Waals surface area (Å²) >= 11 is 2.41. The van der Waals surface area contributed by atoms with Crippen molar-refractivity contribution in [2.75, 3.05) is 0 Å². The van der Waals surface area contributed by atoms with Gasteiger partial charge in [0.05, 0.1) is 0 Å². The molecule has 0 aliphatic rings. The Balaban J connectivity index is 0.000000371. The van der Waals surface area contributed by atoms with Gasteiger partial charge in [0.2, 0.25) is 0 Å². The zero-order chi connectivity index (χ0) is 7.98. The first-order chi connectivity index (χ1) is 4.79. The number of hydrogen-bond donors (Lipinski definition) is 0. The molecule has 0 aliphatic heterocycles. The second-order valence-electron chi connectivity index (χ2n) is 1.64. The summed E-state index contributed by atoms with van der Waals surface area (Å²) in [4.78, 5) is 4.15. The van der Waals surface area contributed by atoms with Gasteiger partial charge >= 0.3 is 57.1 Å². The second kappa shape index (κ2) is 5.49. The van der Waals surface area contributed by atoms with Crippen molar-refractivity contribution in [3.63, 3.8) is 0 Å². The number of aryl methyl sites for hydroxylation is 1. The fourth-order valence-electron chi connectivity index (χ4n) is 0.529. The van der Waals surface area contributed by atoms with Gasteiger partial charge in [0, 0.05) is 0 Å². The van der Waals surface area contributed by atoms with Crippen molar-refractivity contribution in [2.45, 2.75) is 20.8 Å². The van der Waals surface area contributed by atoms with Crippen molar-refractivity contribution < 1.29 is 0 Å². The molecule has 1 aromatic heterocycles. The summed E-state index contributed by atoms with van der Waals surface area (Å²) in [5, 5.41) is 0. The van der Waals surface area contributed by atoms with E-state index in [9.17, 15) is 0 Å². The van der Waals surface area contributed by atoms with Crippen LogP contribution in [-0.4, -0.2) is 21.8 Å². The summed E-state index contributed by atoms with van der Waals surface area (Å²) in [5.74, 6) is 0. The molecular formula is C8H12AsN. The fraction of sp³-hybridized carbons (Fsp3) is 0.375. The van der Waals surface area contributed by atoms with E-state index in [4.69, 9.17) is 0 Å². The van der Waals surface area contributed by atoms with E-state index in [2.05, 4.69) is 21.8 Å². The zero-order valence-corrected chi connectivity index (χ0v) is 8.50. The van der Waals surface area contributed by atoms with Crippen LogP contribution in [-0.2, 0) is 0 Å². The van der Waals surface area contributed by atoms with E-state index < -0.39 is 0 Å². The number of pyridine rings is 1. The third-order valence-electron chi connectivity index (χ3n) is 0.874. The third kappa shape index (κ3) is 3.68. The van der Waals surface area contributed by atoms with E-state index in [1.54, 1.807) is 0 Å². The number of nitrogens with zero attached hydrogens (tertiary/aromatic N) is 1. The van der Waals surface area contributed by atoms with Gasteiger partial charge in [0.25, 0.3) is 0 Å². The molecule has 0 atom stereocenters. The van der Waals surface area contributed by atoms with Gasteiger partial charge in [0.15, 0.2) is 0 Å². The molecule has 0 amide bonds. The van der Waals surface area contributed by atoms with Crippen LogP contribution in [0.4, 0.5) is 0 Å². The Morgan fingerprint density at radius 1 is 1.30 bits per heavy atom. The molecule has 0 aliphatic carbocycles. The first-order valence-corrected chi connectivity index (χ1v) is 4.35. The molecular weight excluding hydrogens is 185 g/mol. The Kier molecular flexibility index (Phi) is 5.33. The molecule has 0 aromatic carbocycles. The van der Waals surface area contributed by atoms with Crippen LogP contribution in [0.5, 0.6) is 0 Å². The maximum absolute atomic E-state index is 4.15. The summed E-state index contributed by atoms with van der Waals surface area (Å²) in [6.07, 6.45) is 0. The van der Waals surface area contributed by atoms with Crippen LogP contribution in [0.25, 0.3) is 0 Å². The average Bonchev–Trinajstić information content (AvgIpc) is 1.91. The summed E-state index contributed by atoms with van der Waals surface area (Å²) in [7, 11) is 0. The molecule has 10 heavy (non-hydrogen) atoms. The van der Waals surface area contributed by atoms with Gasteiger partial charge < -0.3 is 0 Å². The molecule has 0 saturated carbocycles. The van der Waals surface area contributed by atoms with Crippen LogP contribution in [0.15, 0.2) is 18.2 Å². The van der Waals surface area contributed by atoms with Gasteiger partial charge in [0.1, 0.15) is 0 Å². The Hall–Kier alpha value is -0.292. The number of hydrogen-bond acceptors (Lipinski definition) is 1. The van der Waals surface area contributed by atoms with Gasteiger partial charge in [-0.1, -0.05) is 13.8 Å². The van der Waals surface area contributed by atoms with Gasteiger partial charge in [-0.05, 0) is 0 Å². The SMILES string of the molecule is CC.Cc1cccc([As])n1. The Bertz CT molecular complexity index is 169. The molecule has 54 valence electrons. The Labute approximate surface area is 71.4 Å². The van der Waals surface area contributed by atoms with E-state index in [0.717, 1.165) is 10.2 Å². The third-order valence-corrected chi connectivity index (χ3v) is 1.40. The van der Waals surface area contributed by atoms with Crippen molar-refractivity contribution in [3.8, 4) is 0 Å². The average molecular weight is 197 g/mol. The van der Waals surface area contributed by atoms with Crippen molar-refractivity contribution in [1.29, 1.82) is 0 Å². The van der Waals surface area contributed by atoms with Gasteiger partial charge in [-0.3, -0.25) is 0 Å². The van der Waals surface area contributed by atoms with E-state index >= 15 is 0 Å². The second-order valence-corrected chi connectivity index (χ2v) is 2.60.